The minimum Gasteiger partial charge on any atom is -0.288 e. The molecule has 0 N–H and O–H groups in total. The van der Waals surface area contributed by atoms with Crippen LogP contribution in [0, 0.1) is 27.7 Å². The van der Waals surface area contributed by atoms with E-state index in [1.54, 1.807) is 4.90 Å². The second-order valence-electron chi connectivity index (χ2n) is 9.24. The normalized spacial score (nSPS) is 14.8. The van der Waals surface area contributed by atoms with E-state index in [2.05, 4.69) is 52.0 Å². The van der Waals surface area contributed by atoms with Gasteiger partial charge in [-0.15, -0.1) is 0 Å². The van der Waals surface area contributed by atoms with Crippen LogP contribution in [0.3, 0.4) is 0 Å². The van der Waals surface area contributed by atoms with Gasteiger partial charge in [0.15, 0.2) is 0 Å². The minimum atomic E-state index is -0.0682. The van der Waals surface area contributed by atoms with Gasteiger partial charge in [-0.05, 0) is 62.6 Å². The minimum absolute atomic E-state index is 0.0682. The third kappa shape index (κ3) is 4.79. The Hall–Kier alpha value is -3.48. The molecule has 180 valence electrons. The lowest BCUT2D eigenvalue weighted by atomic mass is 9.95. The molecule has 4 nitrogen and oxygen atoms in total. The Morgan fingerprint density at radius 3 is 2.25 bits per heavy atom. The number of aromatic nitrogens is 2. The second-order valence-corrected chi connectivity index (χ2v) is 10.9. The molecule has 0 saturated carbocycles. The Labute approximate surface area is 221 Å². The highest BCUT2D eigenvalue weighted by Crippen LogP contribution is 2.37. The Bertz CT molecular complexity index is 1480. The van der Waals surface area contributed by atoms with Gasteiger partial charge in [0, 0.05) is 17.3 Å². The van der Waals surface area contributed by atoms with Crippen molar-refractivity contribution in [2.75, 3.05) is 0 Å². The van der Waals surface area contributed by atoms with Gasteiger partial charge in [0.05, 0.1) is 17.1 Å². The summed E-state index contributed by atoms with van der Waals surface area (Å²) in [5, 5.41) is 4.99. The third-order valence-corrected chi connectivity index (χ3v) is 7.68. The van der Waals surface area contributed by atoms with Gasteiger partial charge in [-0.2, -0.15) is 5.10 Å². The maximum absolute atomic E-state index is 13.4. The highest BCUT2D eigenvalue weighted by atomic mass is 32.2. The van der Waals surface area contributed by atoms with Gasteiger partial charge in [0.25, 0.3) is 5.91 Å². The average Bonchev–Trinajstić information content (AvgIpc) is 3.37. The number of nitrogens with zero attached hydrogens (tertiary/aromatic N) is 3. The summed E-state index contributed by atoms with van der Waals surface area (Å²) in [4.78, 5) is 15.7. The predicted molar refractivity (Wildman–Crippen MR) is 153 cm³/mol. The van der Waals surface area contributed by atoms with E-state index < -0.39 is 0 Å². The number of benzene rings is 3. The molecule has 5 rings (SSSR count). The Morgan fingerprint density at radius 2 is 1.58 bits per heavy atom. The number of thioether (sulfide) groups is 1. The number of para-hydroxylation sites is 1. The van der Waals surface area contributed by atoms with E-state index in [1.807, 2.05) is 59.4 Å². The number of carbonyl (C=O) groups excluding carboxylic acids is 1. The van der Waals surface area contributed by atoms with Gasteiger partial charge in [-0.25, -0.2) is 4.68 Å². The average molecular weight is 510 g/mol. The summed E-state index contributed by atoms with van der Waals surface area (Å²) >= 11 is 6.96. The lowest BCUT2D eigenvalue weighted by molar-refractivity contribution is -0.122. The number of carbonyl (C=O) groups is 1. The predicted octanol–water partition coefficient (Wildman–Crippen LogP) is 7.17. The van der Waals surface area contributed by atoms with Crippen molar-refractivity contribution < 1.29 is 4.79 Å². The number of aryl methyl sites for hydroxylation is 4. The fraction of sp³-hybridized carbons (Fsp3) is 0.167. The molecule has 6 heteroatoms. The van der Waals surface area contributed by atoms with Crippen molar-refractivity contribution in [3.05, 3.63) is 111 Å². The van der Waals surface area contributed by atoms with E-state index in [1.165, 1.54) is 22.9 Å². The molecule has 1 saturated heterocycles. The van der Waals surface area contributed by atoms with Crippen LogP contribution in [0.15, 0.2) is 77.8 Å². The summed E-state index contributed by atoms with van der Waals surface area (Å²) in [7, 11) is 0. The lowest BCUT2D eigenvalue weighted by Crippen LogP contribution is -2.27. The number of hydrogen-bond donors (Lipinski definition) is 0. The summed E-state index contributed by atoms with van der Waals surface area (Å²) in [5.74, 6) is -0.0682. The van der Waals surface area contributed by atoms with Crippen molar-refractivity contribution >= 4 is 40.3 Å². The quantitative estimate of drug-likeness (QED) is 0.211. The number of amides is 1. The van der Waals surface area contributed by atoms with Crippen molar-refractivity contribution in [3.8, 4) is 16.9 Å². The second kappa shape index (κ2) is 9.88. The van der Waals surface area contributed by atoms with Gasteiger partial charge in [-0.3, -0.25) is 9.69 Å². The molecular weight excluding hydrogens is 482 g/mol. The maximum Gasteiger partial charge on any atom is 0.266 e. The van der Waals surface area contributed by atoms with Gasteiger partial charge in [0.1, 0.15) is 10.0 Å². The molecule has 0 radical (unpaired) electrons. The van der Waals surface area contributed by atoms with Gasteiger partial charge in [-0.1, -0.05) is 89.7 Å². The zero-order chi connectivity index (χ0) is 25.4. The SMILES string of the molecule is Cc1ccc(CN2C(=O)/C(=C/c3cn(-c4ccccc4)nc3-c3c(C)cc(C)cc3C)SC2=S)cc1. The molecule has 0 spiro atoms. The van der Waals surface area contributed by atoms with Crippen LogP contribution in [0.1, 0.15) is 33.4 Å². The summed E-state index contributed by atoms with van der Waals surface area (Å²) in [5.41, 5.74) is 9.59. The van der Waals surface area contributed by atoms with Crippen molar-refractivity contribution in [2.45, 2.75) is 34.2 Å². The van der Waals surface area contributed by atoms with Crippen molar-refractivity contribution in [1.82, 2.24) is 14.7 Å². The fourth-order valence-electron chi connectivity index (χ4n) is 4.61. The molecule has 36 heavy (non-hydrogen) atoms. The molecule has 1 amide bonds. The standard InChI is InChI=1S/C30H27N3OS2/c1-19-10-12-23(13-11-19)17-32-29(34)26(36-30(32)35)16-24-18-33(25-8-6-5-7-9-25)31-28(24)27-21(3)14-20(2)15-22(27)4/h5-16,18H,17H2,1-4H3/b26-16-. The number of thiocarbonyl (C=S) groups is 1. The zero-order valence-electron chi connectivity index (χ0n) is 20.8. The van der Waals surface area contributed by atoms with Gasteiger partial charge in [0.2, 0.25) is 0 Å². The van der Waals surface area contributed by atoms with Gasteiger partial charge >= 0.3 is 0 Å². The summed E-state index contributed by atoms with van der Waals surface area (Å²) in [6.07, 6.45) is 3.94. The van der Waals surface area contributed by atoms with Crippen LogP contribution in [-0.2, 0) is 11.3 Å². The number of hydrogen-bond acceptors (Lipinski definition) is 4. The molecule has 1 aliphatic rings. The smallest absolute Gasteiger partial charge is 0.266 e. The first-order valence-electron chi connectivity index (χ1n) is 11.8. The first kappa shape index (κ1) is 24.2. The van der Waals surface area contributed by atoms with E-state index >= 15 is 0 Å². The molecular formula is C30H27N3OS2. The topological polar surface area (TPSA) is 38.1 Å². The largest absolute Gasteiger partial charge is 0.288 e. The maximum atomic E-state index is 13.4. The Balaban J connectivity index is 1.56. The molecule has 0 aliphatic carbocycles. The molecule has 1 aromatic heterocycles. The van der Waals surface area contributed by atoms with Crippen LogP contribution >= 0.6 is 24.0 Å². The highest BCUT2D eigenvalue weighted by Gasteiger charge is 2.32. The van der Waals surface area contributed by atoms with Crippen LogP contribution in [0.2, 0.25) is 0 Å². The van der Waals surface area contributed by atoms with E-state index in [4.69, 9.17) is 17.3 Å². The monoisotopic (exact) mass is 509 g/mol. The third-order valence-electron chi connectivity index (χ3n) is 6.30. The zero-order valence-corrected chi connectivity index (χ0v) is 22.4. The van der Waals surface area contributed by atoms with Crippen LogP contribution in [-0.4, -0.2) is 24.9 Å². The first-order valence-corrected chi connectivity index (χ1v) is 13.1. The molecule has 2 heterocycles. The molecule has 1 fully saturated rings. The Morgan fingerprint density at radius 1 is 0.917 bits per heavy atom. The molecule has 3 aromatic carbocycles. The lowest BCUT2D eigenvalue weighted by Gasteiger charge is -2.14. The number of rotatable bonds is 5. The van der Waals surface area contributed by atoms with Crippen LogP contribution < -0.4 is 0 Å². The molecule has 0 atom stereocenters. The molecule has 0 bridgehead atoms. The van der Waals surface area contributed by atoms with Crippen LogP contribution in [0.25, 0.3) is 23.0 Å². The van der Waals surface area contributed by atoms with E-state index in [-0.39, 0.29) is 5.91 Å². The van der Waals surface area contributed by atoms with Gasteiger partial charge < -0.3 is 0 Å². The van der Waals surface area contributed by atoms with Crippen molar-refractivity contribution in [3.63, 3.8) is 0 Å². The molecule has 4 aromatic rings. The van der Waals surface area contributed by atoms with Crippen LogP contribution in [0.4, 0.5) is 0 Å². The Kier molecular flexibility index (Phi) is 6.65. The van der Waals surface area contributed by atoms with Crippen LogP contribution in [0.5, 0.6) is 0 Å². The molecule has 0 unspecified atom stereocenters. The van der Waals surface area contributed by atoms with E-state index in [9.17, 15) is 4.79 Å². The summed E-state index contributed by atoms with van der Waals surface area (Å²) in [6, 6.07) is 22.6. The molecule has 1 aliphatic heterocycles. The van der Waals surface area contributed by atoms with E-state index in [0.29, 0.717) is 15.8 Å². The fourth-order valence-corrected chi connectivity index (χ4v) is 5.85. The first-order chi connectivity index (χ1) is 17.3. The van der Waals surface area contributed by atoms with Crippen molar-refractivity contribution in [1.29, 1.82) is 0 Å². The summed E-state index contributed by atoms with van der Waals surface area (Å²) < 4.78 is 2.46. The van der Waals surface area contributed by atoms with Crippen molar-refractivity contribution in [2.24, 2.45) is 0 Å². The summed E-state index contributed by atoms with van der Waals surface area (Å²) in [6.45, 7) is 8.85. The van der Waals surface area contributed by atoms with E-state index in [0.717, 1.165) is 39.2 Å². The highest BCUT2D eigenvalue weighted by molar-refractivity contribution is 8.26.